The van der Waals surface area contributed by atoms with Crippen molar-refractivity contribution in [3.63, 3.8) is 0 Å². The zero-order chi connectivity index (χ0) is 18.3. The van der Waals surface area contributed by atoms with Crippen molar-refractivity contribution in [3.05, 3.63) is 71.3 Å². The standard InChI is InChI=1S/C21H21BrO3S/c1-24-21(20(23)26-2)19(22)17(13-8-4-3-5-9-13)16-12-14-10-6-7-11-15(14)18(16)25-21/h3-11,16-19H,12H2,1-2H3/t16-,17+,18-,19-,21+/m0/s1. The molecule has 1 heterocycles. The third-order valence-electron chi connectivity index (χ3n) is 5.61. The van der Waals surface area contributed by atoms with Gasteiger partial charge in [0.05, 0.1) is 10.9 Å². The molecule has 2 aromatic carbocycles. The van der Waals surface area contributed by atoms with Crippen LogP contribution in [-0.2, 0) is 20.7 Å². The number of alkyl halides is 1. The molecule has 2 aliphatic rings. The summed E-state index contributed by atoms with van der Waals surface area (Å²) in [6.45, 7) is 0. The Morgan fingerprint density at radius 1 is 1.19 bits per heavy atom. The molecule has 0 spiro atoms. The first kappa shape index (κ1) is 18.2. The zero-order valence-corrected chi connectivity index (χ0v) is 17.1. The van der Waals surface area contributed by atoms with Crippen molar-refractivity contribution < 1.29 is 14.3 Å². The van der Waals surface area contributed by atoms with E-state index in [2.05, 4.69) is 46.3 Å². The van der Waals surface area contributed by atoms with Crippen molar-refractivity contribution in [2.24, 2.45) is 5.92 Å². The molecule has 0 radical (unpaired) electrons. The molecule has 1 fully saturated rings. The molecule has 0 unspecified atom stereocenters. The molecule has 0 amide bonds. The lowest BCUT2D eigenvalue weighted by Gasteiger charge is -2.48. The van der Waals surface area contributed by atoms with Crippen LogP contribution in [0.1, 0.15) is 28.7 Å². The van der Waals surface area contributed by atoms with Crippen LogP contribution in [0.3, 0.4) is 0 Å². The molecule has 0 bridgehead atoms. The van der Waals surface area contributed by atoms with E-state index < -0.39 is 5.79 Å². The summed E-state index contributed by atoms with van der Waals surface area (Å²) in [6.07, 6.45) is 2.56. The normalized spacial score (nSPS) is 32.7. The smallest absolute Gasteiger partial charge is 0.253 e. The molecule has 2 aromatic rings. The number of thioether (sulfide) groups is 1. The minimum absolute atomic E-state index is 0.106. The van der Waals surface area contributed by atoms with Crippen molar-refractivity contribution >= 4 is 32.8 Å². The second kappa shape index (κ2) is 7.12. The topological polar surface area (TPSA) is 35.5 Å². The first-order chi connectivity index (χ1) is 12.6. The summed E-state index contributed by atoms with van der Waals surface area (Å²) in [5, 5.41) is -0.106. The van der Waals surface area contributed by atoms with E-state index in [1.165, 1.54) is 16.7 Å². The van der Waals surface area contributed by atoms with E-state index in [1.54, 1.807) is 13.4 Å². The molecule has 5 heteroatoms. The summed E-state index contributed by atoms with van der Waals surface area (Å²) in [6, 6.07) is 18.8. The molecule has 4 rings (SSSR count). The Morgan fingerprint density at radius 3 is 2.58 bits per heavy atom. The van der Waals surface area contributed by atoms with Gasteiger partial charge in [0, 0.05) is 18.9 Å². The molecule has 1 saturated heterocycles. The quantitative estimate of drug-likeness (QED) is 0.657. The lowest BCUT2D eigenvalue weighted by molar-refractivity contribution is -0.259. The van der Waals surface area contributed by atoms with Crippen LogP contribution in [0.2, 0.25) is 0 Å². The van der Waals surface area contributed by atoms with Gasteiger partial charge >= 0.3 is 0 Å². The van der Waals surface area contributed by atoms with E-state index in [0.29, 0.717) is 0 Å². The van der Waals surface area contributed by atoms with Crippen molar-refractivity contribution in [2.45, 2.75) is 29.1 Å². The van der Waals surface area contributed by atoms with E-state index >= 15 is 0 Å². The van der Waals surface area contributed by atoms with Gasteiger partial charge in [-0.2, -0.15) is 0 Å². The maximum absolute atomic E-state index is 12.9. The van der Waals surface area contributed by atoms with Gasteiger partial charge in [-0.05, 0) is 29.4 Å². The number of benzene rings is 2. The van der Waals surface area contributed by atoms with E-state index in [0.717, 1.165) is 18.2 Å². The average Bonchev–Trinajstić information content (AvgIpc) is 3.05. The average molecular weight is 433 g/mol. The predicted molar refractivity (Wildman–Crippen MR) is 108 cm³/mol. The number of hydrogen-bond donors (Lipinski definition) is 0. The van der Waals surface area contributed by atoms with Gasteiger partial charge in [0.25, 0.3) is 5.79 Å². The highest BCUT2D eigenvalue weighted by atomic mass is 79.9. The highest BCUT2D eigenvalue weighted by Gasteiger charge is 2.60. The number of halogens is 1. The van der Waals surface area contributed by atoms with Gasteiger partial charge in [0.1, 0.15) is 0 Å². The molecule has 1 aliphatic carbocycles. The molecule has 3 nitrogen and oxygen atoms in total. The molecular formula is C21H21BrO3S. The first-order valence-corrected chi connectivity index (χ1v) is 10.8. The number of methoxy groups -OCH3 is 1. The van der Waals surface area contributed by atoms with Gasteiger partial charge in [0.2, 0.25) is 5.12 Å². The van der Waals surface area contributed by atoms with Crippen molar-refractivity contribution in [1.82, 2.24) is 0 Å². The van der Waals surface area contributed by atoms with Gasteiger partial charge in [0.15, 0.2) is 0 Å². The molecule has 0 saturated carbocycles. The minimum Gasteiger partial charge on any atom is -0.345 e. The SMILES string of the molecule is CO[C@@]1(C(=O)SC)O[C@H]2c3ccccc3C[C@H]2[C@@H](c2ccccc2)[C@@H]1Br. The van der Waals surface area contributed by atoms with Crippen LogP contribution in [0.25, 0.3) is 0 Å². The van der Waals surface area contributed by atoms with E-state index in [-0.39, 0.29) is 27.9 Å². The molecule has 136 valence electrons. The Kier molecular flexibility index (Phi) is 4.99. The molecule has 26 heavy (non-hydrogen) atoms. The van der Waals surface area contributed by atoms with Gasteiger partial charge in [-0.25, -0.2) is 0 Å². The largest absolute Gasteiger partial charge is 0.345 e. The van der Waals surface area contributed by atoms with E-state index in [1.807, 2.05) is 24.3 Å². The number of carbonyl (C=O) groups excluding carboxylic acids is 1. The fraction of sp³-hybridized carbons (Fsp3) is 0.381. The first-order valence-electron chi connectivity index (χ1n) is 8.70. The molecule has 0 aromatic heterocycles. The third-order valence-corrected chi connectivity index (χ3v) is 7.43. The summed E-state index contributed by atoms with van der Waals surface area (Å²) in [7, 11) is 1.56. The van der Waals surface area contributed by atoms with Crippen LogP contribution in [0, 0.1) is 5.92 Å². The second-order valence-corrected chi connectivity index (χ2v) is 8.57. The van der Waals surface area contributed by atoms with Gasteiger partial charge < -0.3 is 9.47 Å². The van der Waals surface area contributed by atoms with E-state index in [4.69, 9.17) is 9.47 Å². The van der Waals surface area contributed by atoms with Gasteiger partial charge in [-0.3, -0.25) is 4.79 Å². The Bertz CT molecular complexity index is 812. The van der Waals surface area contributed by atoms with E-state index in [9.17, 15) is 4.79 Å². The Balaban J connectivity index is 1.86. The van der Waals surface area contributed by atoms with Gasteiger partial charge in [-0.1, -0.05) is 82.3 Å². The van der Waals surface area contributed by atoms with Crippen molar-refractivity contribution in [3.8, 4) is 0 Å². The van der Waals surface area contributed by atoms with Crippen LogP contribution < -0.4 is 0 Å². The Hall–Kier alpha value is -1.14. The fourth-order valence-electron chi connectivity index (χ4n) is 4.40. The number of hydrogen-bond acceptors (Lipinski definition) is 4. The lowest BCUT2D eigenvalue weighted by Crippen LogP contribution is -2.57. The van der Waals surface area contributed by atoms with Crippen LogP contribution in [0.4, 0.5) is 0 Å². The number of rotatable bonds is 3. The summed E-state index contributed by atoms with van der Waals surface area (Å²) in [5.74, 6) is -0.936. The van der Waals surface area contributed by atoms with Crippen LogP contribution in [0.5, 0.6) is 0 Å². The second-order valence-electron chi connectivity index (χ2n) is 6.81. The molecular weight excluding hydrogens is 412 g/mol. The number of carbonyl (C=O) groups is 1. The summed E-state index contributed by atoms with van der Waals surface area (Å²) in [4.78, 5) is 12.6. The highest BCUT2D eigenvalue weighted by molar-refractivity contribution is 9.09. The summed E-state index contributed by atoms with van der Waals surface area (Å²) >= 11 is 4.97. The summed E-state index contributed by atoms with van der Waals surface area (Å²) in [5.41, 5.74) is 3.68. The maximum atomic E-state index is 12.9. The Morgan fingerprint density at radius 2 is 1.88 bits per heavy atom. The highest BCUT2D eigenvalue weighted by Crippen LogP contribution is 2.57. The minimum atomic E-state index is -1.31. The molecule has 5 atom stereocenters. The molecule has 0 N–H and O–H groups in total. The Labute approximate surface area is 166 Å². The van der Waals surface area contributed by atoms with Gasteiger partial charge in [-0.15, -0.1) is 0 Å². The van der Waals surface area contributed by atoms with Crippen LogP contribution >= 0.6 is 27.7 Å². The monoisotopic (exact) mass is 432 g/mol. The van der Waals surface area contributed by atoms with Crippen LogP contribution in [-0.4, -0.2) is 29.1 Å². The number of ether oxygens (including phenoxy) is 2. The van der Waals surface area contributed by atoms with Crippen LogP contribution in [0.15, 0.2) is 54.6 Å². The number of fused-ring (bicyclic) bond motifs is 3. The van der Waals surface area contributed by atoms with Crippen molar-refractivity contribution in [2.75, 3.05) is 13.4 Å². The van der Waals surface area contributed by atoms with Crippen molar-refractivity contribution in [1.29, 1.82) is 0 Å². The summed E-state index contributed by atoms with van der Waals surface area (Å²) < 4.78 is 12.2. The predicted octanol–water partition coefficient (Wildman–Crippen LogP) is 4.71. The third kappa shape index (κ3) is 2.68. The fourth-order valence-corrected chi connectivity index (χ4v) is 6.30. The maximum Gasteiger partial charge on any atom is 0.253 e. The lowest BCUT2D eigenvalue weighted by atomic mass is 9.76. The zero-order valence-electron chi connectivity index (χ0n) is 14.7. The molecule has 1 aliphatic heterocycles.